The van der Waals surface area contributed by atoms with Crippen molar-refractivity contribution in [2.75, 3.05) is 27.2 Å². The predicted molar refractivity (Wildman–Crippen MR) is 119 cm³/mol. The van der Waals surface area contributed by atoms with Crippen LogP contribution >= 0.6 is 35.3 Å². The average molecular weight is 541 g/mol. The first-order valence-electron chi connectivity index (χ1n) is 8.49. The minimum absolute atomic E-state index is 0. The average Bonchev–Trinajstić information content (AvgIpc) is 3.05. The van der Waals surface area contributed by atoms with E-state index in [0.717, 1.165) is 35.0 Å². The van der Waals surface area contributed by atoms with Gasteiger partial charge in [0.05, 0.1) is 22.8 Å². The van der Waals surface area contributed by atoms with E-state index >= 15 is 0 Å². The van der Waals surface area contributed by atoms with Crippen LogP contribution in [0.1, 0.15) is 26.6 Å². The highest BCUT2D eigenvalue weighted by atomic mass is 127. The predicted octanol–water partition coefficient (Wildman–Crippen LogP) is 3.53. The van der Waals surface area contributed by atoms with Crippen molar-refractivity contribution >= 4 is 47.2 Å². The minimum atomic E-state index is -4.42. The van der Waals surface area contributed by atoms with Crippen LogP contribution in [0.15, 0.2) is 34.6 Å². The zero-order chi connectivity index (χ0) is 20.7. The Morgan fingerprint density at radius 3 is 2.34 bits per heavy atom. The largest absolute Gasteiger partial charge is 0.416 e. The number of benzene rings is 1. The highest BCUT2D eigenvalue weighted by molar-refractivity contribution is 14.0. The van der Waals surface area contributed by atoms with Crippen molar-refractivity contribution < 1.29 is 18.0 Å². The number of hydrogen-bond donors (Lipinski definition) is 2. The van der Waals surface area contributed by atoms with Gasteiger partial charge in [0.1, 0.15) is 0 Å². The molecule has 160 valence electrons. The molecule has 0 atom stereocenters. The van der Waals surface area contributed by atoms with Crippen molar-refractivity contribution in [2.45, 2.75) is 19.6 Å². The first-order valence-corrected chi connectivity index (χ1v) is 9.37. The maximum Gasteiger partial charge on any atom is 0.416 e. The van der Waals surface area contributed by atoms with E-state index in [9.17, 15) is 18.0 Å². The number of thiazole rings is 1. The van der Waals surface area contributed by atoms with Crippen molar-refractivity contribution in [3.63, 3.8) is 0 Å². The number of amides is 1. The first kappa shape index (κ1) is 25.1. The normalized spacial score (nSPS) is 11.6. The number of rotatable bonds is 6. The quantitative estimate of drug-likeness (QED) is 0.254. The number of aryl methyl sites for hydroxylation is 1. The molecule has 29 heavy (non-hydrogen) atoms. The van der Waals surface area contributed by atoms with Crippen LogP contribution < -0.4 is 10.6 Å². The van der Waals surface area contributed by atoms with Crippen LogP contribution in [0.2, 0.25) is 0 Å². The van der Waals surface area contributed by atoms with Crippen LogP contribution in [0.5, 0.6) is 0 Å². The van der Waals surface area contributed by atoms with Gasteiger partial charge in [-0.1, -0.05) is 0 Å². The fraction of sp³-hybridized carbons (Fsp3) is 0.389. The van der Waals surface area contributed by atoms with E-state index in [-0.39, 0.29) is 29.5 Å². The van der Waals surface area contributed by atoms with Crippen molar-refractivity contribution in [1.29, 1.82) is 0 Å². The summed E-state index contributed by atoms with van der Waals surface area (Å²) in [6.07, 6.45) is -4.42. The standard InChI is InChI=1S/C18H22F3N5OS.HI/c1-12-25-15(11-28-12)10-26(3)17(22-2)24-9-8-23-16(27)13-4-6-14(7-5-13)18(19,20)21;/h4-7,11H,8-10H2,1-3H3,(H,22,24)(H,23,27);1H. The second kappa shape index (κ2) is 11.3. The maximum absolute atomic E-state index is 12.6. The van der Waals surface area contributed by atoms with Crippen molar-refractivity contribution in [1.82, 2.24) is 20.5 Å². The zero-order valence-electron chi connectivity index (χ0n) is 16.2. The smallest absolute Gasteiger partial charge is 0.354 e. The van der Waals surface area contributed by atoms with Crippen molar-refractivity contribution in [3.8, 4) is 0 Å². The third-order valence-corrected chi connectivity index (χ3v) is 4.63. The number of alkyl halides is 3. The molecule has 0 bridgehead atoms. The van der Waals surface area contributed by atoms with Crippen molar-refractivity contribution in [3.05, 3.63) is 51.5 Å². The molecular weight excluding hydrogens is 518 g/mol. The molecule has 0 fully saturated rings. The number of nitrogens with zero attached hydrogens (tertiary/aromatic N) is 3. The maximum atomic E-state index is 12.6. The molecule has 1 amide bonds. The fourth-order valence-corrected chi connectivity index (χ4v) is 3.05. The summed E-state index contributed by atoms with van der Waals surface area (Å²) in [6, 6.07) is 4.11. The van der Waals surface area contributed by atoms with Gasteiger partial charge in [-0.25, -0.2) is 4.98 Å². The molecule has 6 nitrogen and oxygen atoms in total. The lowest BCUT2D eigenvalue weighted by Gasteiger charge is -2.21. The van der Waals surface area contributed by atoms with Gasteiger partial charge in [-0.2, -0.15) is 13.2 Å². The fourth-order valence-electron chi connectivity index (χ4n) is 2.45. The molecule has 2 aromatic rings. The highest BCUT2D eigenvalue weighted by Gasteiger charge is 2.30. The molecule has 0 aliphatic rings. The number of carbonyl (C=O) groups is 1. The van der Waals surface area contributed by atoms with Crippen LogP contribution in [0.4, 0.5) is 13.2 Å². The van der Waals surface area contributed by atoms with Gasteiger partial charge in [0.2, 0.25) is 0 Å². The molecule has 1 heterocycles. The van der Waals surface area contributed by atoms with Gasteiger partial charge >= 0.3 is 6.18 Å². The molecule has 0 radical (unpaired) electrons. The SMILES string of the molecule is CN=C(NCCNC(=O)c1ccc(C(F)(F)F)cc1)N(C)Cc1csc(C)n1.I. The molecule has 0 spiro atoms. The molecule has 0 aliphatic carbocycles. The lowest BCUT2D eigenvalue weighted by molar-refractivity contribution is -0.137. The van der Waals surface area contributed by atoms with Crippen LogP contribution in [0, 0.1) is 6.92 Å². The molecule has 1 aromatic carbocycles. The van der Waals surface area contributed by atoms with Crippen molar-refractivity contribution in [2.24, 2.45) is 4.99 Å². The van der Waals surface area contributed by atoms with Gasteiger partial charge in [0.25, 0.3) is 5.91 Å². The van der Waals surface area contributed by atoms with E-state index in [1.165, 1.54) is 0 Å². The van der Waals surface area contributed by atoms with Crippen LogP contribution in [0.3, 0.4) is 0 Å². The van der Waals surface area contributed by atoms with E-state index in [4.69, 9.17) is 0 Å². The summed E-state index contributed by atoms with van der Waals surface area (Å²) in [7, 11) is 3.54. The van der Waals surface area contributed by atoms with E-state index in [1.54, 1.807) is 18.4 Å². The second-order valence-corrected chi connectivity index (χ2v) is 7.08. The Hall–Kier alpha value is -1.89. The van der Waals surface area contributed by atoms with Gasteiger partial charge in [-0.15, -0.1) is 35.3 Å². The molecule has 0 aliphatic heterocycles. The second-order valence-electron chi connectivity index (χ2n) is 6.02. The molecule has 0 unspecified atom stereocenters. The number of guanidine groups is 1. The first-order chi connectivity index (χ1) is 13.2. The van der Waals surface area contributed by atoms with Gasteiger partial charge in [0, 0.05) is 38.1 Å². The van der Waals surface area contributed by atoms with Crippen LogP contribution in [0.25, 0.3) is 0 Å². The Kier molecular flexibility index (Phi) is 9.83. The Labute approximate surface area is 188 Å². The monoisotopic (exact) mass is 541 g/mol. The molecule has 0 saturated carbocycles. The molecule has 0 saturated heterocycles. The molecular formula is C18H23F3IN5OS. The van der Waals surface area contributed by atoms with Gasteiger partial charge in [-0.3, -0.25) is 9.79 Å². The third kappa shape index (κ3) is 7.80. The molecule has 1 aromatic heterocycles. The summed E-state index contributed by atoms with van der Waals surface area (Å²) in [5, 5.41) is 8.77. The number of hydrogen-bond acceptors (Lipinski definition) is 4. The molecule has 2 rings (SSSR count). The lowest BCUT2D eigenvalue weighted by atomic mass is 10.1. The number of aromatic nitrogens is 1. The van der Waals surface area contributed by atoms with Crippen LogP contribution in [-0.2, 0) is 12.7 Å². The highest BCUT2D eigenvalue weighted by Crippen LogP contribution is 2.29. The van der Waals surface area contributed by atoms with E-state index in [2.05, 4.69) is 20.6 Å². The van der Waals surface area contributed by atoms with Gasteiger partial charge < -0.3 is 15.5 Å². The van der Waals surface area contributed by atoms with E-state index in [0.29, 0.717) is 25.6 Å². The zero-order valence-corrected chi connectivity index (χ0v) is 19.4. The Morgan fingerprint density at radius 1 is 1.21 bits per heavy atom. The summed E-state index contributed by atoms with van der Waals surface area (Å²) in [5.74, 6) is 0.214. The number of carbonyl (C=O) groups excluding carboxylic acids is 1. The van der Waals surface area contributed by atoms with Crippen LogP contribution in [-0.4, -0.2) is 48.9 Å². The Morgan fingerprint density at radius 2 is 1.83 bits per heavy atom. The van der Waals surface area contributed by atoms with E-state index < -0.39 is 17.6 Å². The third-order valence-electron chi connectivity index (χ3n) is 3.81. The summed E-state index contributed by atoms with van der Waals surface area (Å²) in [6.45, 7) is 3.25. The van der Waals surface area contributed by atoms with Gasteiger partial charge in [0.15, 0.2) is 5.96 Å². The van der Waals surface area contributed by atoms with Gasteiger partial charge in [-0.05, 0) is 31.2 Å². The lowest BCUT2D eigenvalue weighted by Crippen LogP contribution is -2.42. The topological polar surface area (TPSA) is 69.6 Å². The summed E-state index contributed by atoms with van der Waals surface area (Å²) in [5.41, 5.74) is 0.338. The molecule has 2 N–H and O–H groups in total. The minimum Gasteiger partial charge on any atom is -0.354 e. The summed E-state index contributed by atoms with van der Waals surface area (Å²) in [4.78, 5) is 22.5. The number of halogens is 4. The Balaban J connectivity index is 0.00000420. The summed E-state index contributed by atoms with van der Waals surface area (Å²) < 4.78 is 37.7. The number of nitrogens with one attached hydrogen (secondary N) is 2. The molecule has 11 heteroatoms. The summed E-state index contributed by atoms with van der Waals surface area (Å²) >= 11 is 1.58. The van der Waals surface area contributed by atoms with E-state index in [1.807, 2.05) is 24.3 Å². The Bertz CT molecular complexity index is 824. The number of aliphatic imine (C=N–C) groups is 1.